The highest BCUT2D eigenvalue weighted by Crippen LogP contribution is 2.33. The van der Waals surface area contributed by atoms with Crippen LogP contribution in [0.5, 0.6) is 0 Å². The van der Waals surface area contributed by atoms with Crippen LogP contribution in [0.1, 0.15) is 37.4 Å². The minimum Gasteiger partial charge on any atom is -0.405 e. The summed E-state index contributed by atoms with van der Waals surface area (Å²) in [7, 11) is 0. The lowest BCUT2D eigenvalue weighted by Gasteiger charge is -2.24. The first-order valence-electron chi connectivity index (χ1n) is 8.26. The molecule has 4 rings (SSSR count). The number of hydrogen-bond acceptors (Lipinski definition) is 3. The van der Waals surface area contributed by atoms with Crippen molar-refractivity contribution >= 4 is 34.4 Å². The SMILES string of the molecule is CCn1c2c(c3cc(Cl)ccc31)CCN=C2OC(=O)C1CCC1. The molecule has 0 N–H and O–H groups in total. The topological polar surface area (TPSA) is 43.6 Å². The van der Waals surface area contributed by atoms with E-state index in [2.05, 4.69) is 16.5 Å². The highest BCUT2D eigenvalue weighted by atomic mass is 35.5. The van der Waals surface area contributed by atoms with Gasteiger partial charge in [-0.05, 0) is 49.9 Å². The van der Waals surface area contributed by atoms with E-state index in [4.69, 9.17) is 16.3 Å². The maximum atomic E-state index is 12.2. The third-order valence-electron chi connectivity index (χ3n) is 4.90. The molecule has 23 heavy (non-hydrogen) atoms. The second-order valence-corrected chi connectivity index (χ2v) is 6.66. The number of carbonyl (C=O) groups is 1. The van der Waals surface area contributed by atoms with E-state index in [9.17, 15) is 4.79 Å². The molecule has 1 aliphatic heterocycles. The standard InChI is InChI=1S/C18H19ClN2O2/c1-2-21-15-7-6-12(19)10-14(15)13-8-9-20-17(16(13)21)23-18(22)11-4-3-5-11/h6-7,10-11H,2-5,8-9H2,1H3. The molecule has 2 aromatic rings. The number of nitrogens with zero attached hydrogens (tertiary/aromatic N) is 2. The first-order chi connectivity index (χ1) is 11.2. The summed E-state index contributed by atoms with van der Waals surface area (Å²) >= 11 is 6.18. The van der Waals surface area contributed by atoms with Gasteiger partial charge in [0.25, 0.3) is 0 Å². The van der Waals surface area contributed by atoms with Crippen LogP contribution >= 0.6 is 11.6 Å². The van der Waals surface area contributed by atoms with Crippen molar-refractivity contribution in [3.8, 4) is 0 Å². The minimum absolute atomic E-state index is 0.0528. The monoisotopic (exact) mass is 330 g/mol. The maximum absolute atomic E-state index is 12.2. The number of esters is 1. The van der Waals surface area contributed by atoms with Gasteiger partial charge in [-0.25, -0.2) is 4.99 Å². The lowest BCUT2D eigenvalue weighted by Crippen LogP contribution is -2.29. The number of hydrogen-bond donors (Lipinski definition) is 0. The molecule has 0 spiro atoms. The normalized spacial score (nSPS) is 17.6. The fraction of sp³-hybridized carbons (Fsp3) is 0.444. The zero-order chi connectivity index (χ0) is 16.0. The summed E-state index contributed by atoms with van der Waals surface area (Å²) in [5, 5.41) is 1.87. The summed E-state index contributed by atoms with van der Waals surface area (Å²) in [5.74, 6) is 0.406. The third kappa shape index (κ3) is 2.36. The van der Waals surface area contributed by atoms with Crippen LogP contribution in [0.3, 0.4) is 0 Å². The van der Waals surface area contributed by atoms with E-state index in [1.165, 1.54) is 5.56 Å². The van der Waals surface area contributed by atoms with Crippen LogP contribution in [0, 0.1) is 5.92 Å². The van der Waals surface area contributed by atoms with Gasteiger partial charge in [0.15, 0.2) is 0 Å². The Kier molecular flexibility index (Phi) is 3.64. The number of halogens is 1. The van der Waals surface area contributed by atoms with Crippen molar-refractivity contribution in [3.05, 3.63) is 34.5 Å². The summed E-state index contributed by atoms with van der Waals surface area (Å²) in [4.78, 5) is 16.7. The van der Waals surface area contributed by atoms with Crippen LogP contribution in [0.4, 0.5) is 0 Å². The molecule has 0 saturated heterocycles. The van der Waals surface area contributed by atoms with Crippen molar-refractivity contribution < 1.29 is 9.53 Å². The number of aromatic nitrogens is 1. The van der Waals surface area contributed by atoms with E-state index < -0.39 is 0 Å². The van der Waals surface area contributed by atoms with Gasteiger partial charge in [-0.2, -0.15) is 0 Å². The molecule has 1 saturated carbocycles. The smallest absolute Gasteiger partial charge is 0.315 e. The Labute approximate surface area is 140 Å². The number of aliphatic imine (C=N–C) groups is 1. The Morgan fingerprint density at radius 2 is 2.26 bits per heavy atom. The molecule has 120 valence electrons. The molecule has 1 fully saturated rings. The van der Waals surface area contributed by atoms with Crippen LogP contribution < -0.4 is 0 Å². The number of rotatable bonds is 2. The third-order valence-corrected chi connectivity index (χ3v) is 5.14. The predicted molar refractivity (Wildman–Crippen MR) is 91.2 cm³/mol. The van der Waals surface area contributed by atoms with E-state index in [0.717, 1.165) is 53.8 Å². The Hall–Kier alpha value is -1.81. The molecular formula is C18H19ClN2O2. The van der Waals surface area contributed by atoms with Gasteiger partial charge in [-0.3, -0.25) is 4.79 Å². The van der Waals surface area contributed by atoms with Crippen molar-refractivity contribution in [2.24, 2.45) is 10.9 Å². The van der Waals surface area contributed by atoms with Crippen molar-refractivity contribution in [3.63, 3.8) is 0 Å². The van der Waals surface area contributed by atoms with Gasteiger partial charge in [-0.15, -0.1) is 0 Å². The van der Waals surface area contributed by atoms with Crippen molar-refractivity contribution in [2.75, 3.05) is 6.54 Å². The maximum Gasteiger partial charge on any atom is 0.315 e. The molecule has 2 heterocycles. The molecule has 0 radical (unpaired) electrons. The first-order valence-corrected chi connectivity index (χ1v) is 8.64. The van der Waals surface area contributed by atoms with Crippen LogP contribution in [-0.4, -0.2) is 23.0 Å². The van der Waals surface area contributed by atoms with E-state index in [-0.39, 0.29) is 11.9 Å². The Balaban J connectivity index is 1.79. The number of fused-ring (bicyclic) bond motifs is 3. The van der Waals surface area contributed by atoms with Crippen molar-refractivity contribution in [2.45, 2.75) is 39.2 Å². The van der Waals surface area contributed by atoms with Gasteiger partial charge >= 0.3 is 5.97 Å². The Morgan fingerprint density at radius 3 is 2.96 bits per heavy atom. The lowest BCUT2D eigenvalue weighted by molar-refractivity contribution is -0.142. The first kappa shape index (κ1) is 14.8. The largest absolute Gasteiger partial charge is 0.405 e. The molecule has 0 amide bonds. The second-order valence-electron chi connectivity index (χ2n) is 6.22. The summed E-state index contributed by atoms with van der Waals surface area (Å²) in [6.45, 7) is 3.54. The lowest BCUT2D eigenvalue weighted by atomic mass is 9.86. The number of aryl methyl sites for hydroxylation is 1. The minimum atomic E-state index is -0.131. The highest BCUT2D eigenvalue weighted by molar-refractivity contribution is 6.31. The van der Waals surface area contributed by atoms with E-state index >= 15 is 0 Å². The predicted octanol–water partition coefficient (Wildman–Crippen LogP) is 3.96. The fourth-order valence-electron chi connectivity index (χ4n) is 3.47. The molecule has 1 aromatic heterocycles. The van der Waals surface area contributed by atoms with Crippen LogP contribution in [0.25, 0.3) is 10.9 Å². The summed E-state index contributed by atoms with van der Waals surface area (Å²) in [6, 6.07) is 5.93. The van der Waals surface area contributed by atoms with Gasteiger partial charge in [-0.1, -0.05) is 18.0 Å². The Morgan fingerprint density at radius 1 is 1.43 bits per heavy atom. The quantitative estimate of drug-likeness (QED) is 0.782. The zero-order valence-electron chi connectivity index (χ0n) is 13.1. The highest BCUT2D eigenvalue weighted by Gasteiger charge is 2.31. The van der Waals surface area contributed by atoms with Crippen LogP contribution in [0.2, 0.25) is 5.02 Å². The number of carbonyl (C=O) groups excluding carboxylic acids is 1. The van der Waals surface area contributed by atoms with Gasteiger partial charge in [0.2, 0.25) is 5.90 Å². The average Bonchev–Trinajstić information content (AvgIpc) is 2.79. The fourth-order valence-corrected chi connectivity index (χ4v) is 3.64. The molecule has 0 atom stereocenters. The van der Waals surface area contributed by atoms with Crippen molar-refractivity contribution in [1.82, 2.24) is 4.57 Å². The Bertz CT molecular complexity index is 818. The van der Waals surface area contributed by atoms with Gasteiger partial charge < -0.3 is 9.30 Å². The summed E-state index contributed by atoms with van der Waals surface area (Å²) < 4.78 is 7.85. The van der Waals surface area contributed by atoms with E-state index in [1.54, 1.807) is 0 Å². The van der Waals surface area contributed by atoms with Crippen LogP contribution in [0.15, 0.2) is 23.2 Å². The van der Waals surface area contributed by atoms with E-state index in [0.29, 0.717) is 12.4 Å². The van der Waals surface area contributed by atoms with Gasteiger partial charge in [0.05, 0.1) is 5.92 Å². The molecule has 0 bridgehead atoms. The molecular weight excluding hydrogens is 312 g/mol. The molecule has 5 heteroatoms. The molecule has 4 nitrogen and oxygen atoms in total. The summed E-state index contributed by atoms with van der Waals surface area (Å²) in [5.41, 5.74) is 3.26. The number of ether oxygens (including phenoxy) is 1. The molecule has 0 unspecified atom stereocenters. The van der Waals surface area contributed by atoms with Gasteiger partial charge in [0, 0.05) is 29.0 Å². The van der Waals surface area contributed by atoms with Crippen LogP contribution in [-0.2, 0) is 22.5 Å². The zero-order valence-corrected chi connectivity index (χ0v) is 13.9. The summed E-state index contributed by atoms with van der Waals surface area (Å²) in [6.07, 6.45) is 3.84. The number of benzene rings is 1. The molecule has 1 aromatic carbocycles. The van der Waals surface area contributed by atoms with Crippen molar-refractivity contribution in [1.29, 1.82) is 0 Å². The molecule has 1 aliphatic carbocycles. The molecule has 2 aliphatic rings. The average molecular weight is 331 g/mol. The van der Waals surface area contributed by atoms with Gasteiger partial charge in [0.1, 0.15) is 5.69 Å². The van der Waals surface area contributed by atoms with E-state index in [1.807, 2.05) is 18.2 Å². The second kappa shape index (κ2) is 5.68.